The van der Waals surface area contributed by atoms with Crippen molar-refractivity contribution < 1.29 is 9.90 Å². The van der Waals surface area contributed by atoms with Crippen molar-refractivity contribution in [1.82, 2.24) is 4.90 Å². The largest absolute Gasteiger partial charge is 0.480 e. The van der Waals surface area contributed by atoms with Gasteiger partial charge in [-0.3, -0.25) is 9.69 Å². The van der Waals surface area contributed by atoms with Crippen molar-refractivity contribution >= 4 is 29.2 Å². The van der Waals surface area contributed by atoms with Gasteiger partial charge in [0.25, 0.3) is 0 Å². The summed E-state index contributed by atoms with van der Waals surface area (Å²) in [6.45, 7) is 4.37. The minimum absolute atomic E-state index is 0.0758. The molecule has 17 heavy (non-hydrogen) atoms. The molecule has 0 amide bonds. The Balaban J connectivity index is 2.85. The molecule has 5 heteroatoms. The van der Waals surface area contributed by atoms with E-state index in [0.29, 0.717) is 23.1 Å². The maximum Gasteiger partial charge on any atom is 0.317 e. The van der Waals surface area contributed by atoms with Crippen LogP contribution in [0.1, 0.15) is 5.56 Å². The number of hydrogen-bond donors (Lipinski definition) is 1. The minimum atomic E-state index is -0.893. The van der Waals surface area contributed by atoms with Crippen molar-refractivity contribution in [2.24, 2.45) is 0 Å². The van der Waals surface area contributed by atoms with Crippen molar-refractivity contribution in [3.63, 3.8) is 0 Å². The van der Waals surface area contributed by atoms with Crippen molar-refractivity contribution in [3.8, 4) is 0 Å². The second kappa shape index (κ2) is 6.64. The zero-order valence-corrected chi connectivity index (χ0v) is 10.7. The molecule has 92 valence electrons. The fourth-order valence-corrected chi connectivity index (χ4v) is 1.98. The number of benzene rings is 1. The summed E-state index contributed by atoms with van der Waals surface area (Å²) in [7, 11) is 0. The number of carboxylic acid groups (broad SMARTS) is 1. The van der Waals surface area contributed by atoms with Crippen molar-refractivity contribution in [2.75, 3.05) is 13.1 Å². The van der Waals surface area contributed by atoms with Crippen molar-refractivity contribution in [2.45, 2.75) is 6.54 Å². The molecule has 0 spiro atoms. The van der Waals surface area contributed by atoms with Crippen LogP contribution in [0.25, 0.3) is 0 Å². The third-order valence-corrected chi connectivity index (χ3v) is 2.90. The highest BCUT2D eigenvalue weighted by molar-refractivity contribution is 6.35. The van der Waals surface area contributed by atoms with Crippen LogP contribution in [-0.2, 0) is 11.3 Å². The number of halogens is 2. The third kappa shape index (κ3) is 4.38. The van der Waals surface area contributed by atoms with Gasteiger partial charge in [0, 0.05) is 28.7 Å². The highest BCUT2D eigenvalue weighted by atomic mass is 35.5. The normalized spacial score (nSPS) is 10.5. The van der Waals surface area contributed by atoms with Gasteiger partial charge in [-0.05, 0) is 12.1 Å². The molecule has 0 heterocycles. The van der Waals surface area contributed by atoms with E-state index in [9.17, 15) is 4.79 Å². The summed E-state index contributed by atoms with van der Waals surface area (Å²) >= 11 is 12.1. The van der Waals surface area contributed by atoms with E-state index in [1.54, 1.807) is 29.2 Å². The van der Waals surface area contributed by atoms with Crippen LogP contribution in [0.5, 0.6) is 0 Å². The van der Waals surface area contributed by atoms with Gasteiger partial charge in [-0.2, -0.15) is 0 Å². The molecule has 0 saturated carbocycles. The molecule has 0 fully saturated rings. The van der Waals surface area contributed by atoms with Gasteiger partial charge in [-0.15, -0.1) is 6.58 Å². The molecule has 0 aliphatic heterocycles. The van der Waals surface area contributed by atoms with Gasteiger partial charge in [0.1, 0.15) is 0 Å². The highest BCUT2D eigenvalue weighted by Gasteiger charge is 2.13. The molecule has 0 radical (unpaired) electrons. The topological polar surface area (TPSA) is 40.5 Å². The van der Waals surface area contributed by atoms with Crippen LogP contribution >= 0.6 is 23.2 Å². The van der Waals surface area contributed by atoms with Crippen LogP contribution in [0.4, 0.5) is 0 Å². The summed E-state index contributed by atoms with van der Waals surface area (Å²) < 4.78 is 0. The first kappa shape index (κ1) is 14.0. The van der Waals surface area contributed by atoms with E-state index in [4.69, 9.17) is 28.3 Å². The predicted octanol–water partition coefficient (Wildman–Crippen LogP) is 3.07. The fourth-order valence-electron chi connectivity index (χ4n) is 1.47. The molecule has 1 aromatic rings. The Morgan fingerprint density at radius 2 is 2.00 bits per heavy atom. The summed E-state index contributed by atoms with van der Waals surface area (Å²) in [4.78, 5) is 12.4. The Bertz CT molecular complexity index is 401. The minimum Gasteiger partial charge on any atom is -0.480 e. The Morgan fingerprint density at radius 3 is 2.47 bits per heavy atom. The lowest BCUT2D eigenvalue weighted by atomic mass is 10.2. The number of nitrogens with zero attached hydrogens (tertiary/aromatic N) is 1. The van der Waals surface area contributed by atoms with E-state index in [-0.39, 0.29) is 6.54 Å². The standard InChI is InChI=1S/C12H13Cl2NO2/c1-2-6-15(8-12(16)17)7-9-10(13)4-3-5-11(9)14/h2-5H,1,6-8H2,(H,16,17). The first-order chi connectivity index (χ1) is 8.04. The number of hydrogen-bond acceptors (Lipinski definition) is 2. The van der Waals surface area contributed by atoms with E-state index in [1.165, 1.54) is 0 Å². The number of carbonyl (C=O) groups is 1. The number of aliphatic carboxylic acids is 1. The smallest absolute Gasteiger partial charge is 0.317 e. The molecule has 1 N–H and O–H groups in total. The van der Waals surface area contributed by atoms with Crippen molar-refractivity contribution in [3.05, 3.63) is 46.5 Å². The lowest BCUT2D eigenvalue weighted by Crippen LogP contribution is -2.29. The average Bonchev–Trinajstić information content (AvgIpc) is 2.23. The average molecular weight is 274 g/mol. The molecule has 1 aromatic carbocycles. The maximum atomic E-state index is 10.7. The van der Waals surface area contributed by atoms with Crippen molar-refractivity contribution in [1.29, 1.82) is 0 Å². The van der Waals surface area contributed by atoms with Gasteiger partial charge < -0.3 is 5.11 Å². The van der Waals surface area contributed by atoms with Gasteiger partial charge in [-0.25, -0.2) is 0 Å². The Morgan fingerprint density at radius 1 is 1.41 bits per heavy atom. The number of rotatable bonds is 6. The van der Waals surface area contributed by atoms with E-state index >= 15 is 0 Å². The molecule has 0 unspecified atom stereocenters. The third-order valence-electron chi connectivity index (χ3n) is 2.19. The Labute approximate surface area is 110 Å². The SMILES string of the molecule is C=CCN(CC(=O)O)Cc1c(Cl)cccc1Cl. The van der Waals surface area contributed by atoms with Gasteiger partial charge in [-0.1, -0.05) is 35.3 Å². The first-order valence-electron chi connectivity index (χ1n) is 5.02. The monoisotopic (exact) mass is 273 g/mol. The van der Waals surface area contributed by atoms with Crippen LogP contribution in [0.2, 0.25) is 10.0 Å². The molecule has 0 atom stereocenters. The number of carboxylic acids is 1. The second-order valence-corrected chi connectivity index (χ2v) is 4.37. The van der Waals surface area contributed by atoms with Crippen LogP contribution in [-0.4, -0.2) is 29.1 Å². The maximum absolute atomic E-state index is 10.7. The highest BCUT2D eigenvalue weighted by Crippen LogP contribution is 2.25. The van der Waals surface area contributed by atoms with Gasteiger partial charge in [0.15, 0.2) is 0 Å². The van der Waals surface area contributed by atoms with Crippen LogP contribution in [0.3, 0.4) is 0 Å². The van der Waals surface area contributed by atoms with Crippen LogP contribution < -0.4 is 0 Å². The quantitative estimate of drug-likeness (QED) is 0.810. The van der Waals surface area contributed by atoms with E-state index in [0.717, 1.165) is 5.56 Å². The first-order valence-corrected chi connectivity index (χ1v) is 5.78. The van der Waals surface area contributed by atoms with E-state index in [1.807, 2.05) is 0 Å². The van der Waals surface area contributed by atoms with Gasteiger partial charge >= 0.3 is 5.97 Å². The molecule has 0 aliphatic carbocycles. The van der Waals surface area contributed by atoms with E-state index in [2.05, 4.69) is 6.58 Å². The molecule has 0 aliphatic rings. The fraction of sp³-hybridized carbons (Fsp3) is 0.250. The van der Waals surface area contributed by atoms with Gasteiger partial charge in [0.05, 0.1) is 6.54 Å². The van der Waals surface area contributed by atoms with E-state index < -0.39 is 5.97 Å². The van der Waals surface area contributed by atoms with Crippen LogP contribution in [0, 0.1) is 0 Å². The second-order valence-electron chi connectivity index (χ2n) is 3.55. The molecule has 0 bridgehead atoms. The Hall–Kier alpha value is -1.03. The summed E-state index contributed by atoms with van der Waals surface area (Å²) in [6.07, 6.45) is 1.65. The molecule has 0 saturated heterocycles. The van der Waals surface area contributed by atoms with Crippen LogP contribution in [0.15, 0.2) is 30.9 Å². The molecule has 3 nitrogen and oxygen atoms in total. The zero-order valence-electron chi connectivity index (χ0n) is 9.20. The predicted molar refractivity (Wildman–Crippen MR) is 69.6 cm³/mol. The lowest BCUT2D eigenvalue weighted by molar-refractivity contribution is -0.138. The molecular weight excluding hydrogens is 261 g/mol. The lowest BCUT2D eigenvalue weighted by Gasteiger charge is -2.19. The summed E-state index contributed by atoms with van der Waals surface area (Å²) in [5.41, 5.74) is 0.735. The Kier molecular flexibility index (Phi) is 5.48. The summed E-state index contributed by atoms with van der Waals surface area (Å²) in [5, 5.41) is 9.86. The summed E-state index contributed by atoms with van der Waals surface area (Å²) in [5.74, 6) is -0.893. The molecular formula is C12H13Cl2NO2. The molecule has 0 aromatic heterocycles. The summed E-state index contributed by atoms with van der Waals surface area (Å²) in [6, 6.07) is 5.22. The van der Waals surface area contributed by atoms with Gasteiger partial charge in [0.2, 0.25) is 0 Å². The molecule has 1 rings (SSSR count). The zero-order chi connectivity index (χ0) is 12.8.